The molecule has 5 nitrogen and oxygen atoms in total. The fourth-order valence-electron chi connectivity index (χ4n) is 2.83. The summed E-state index contributed by atoms with van der Waals surface area (Å²) in [5.41, 5.74) is 0.891. The van der Waals surface area contributed by atoms with E-state index in [2.05, 4.69) is 10.0 Å². The first kappa shape index (κ1) is 12.9. The van der Waals surface area contributed by atoms with E-state index in [0.29, 0.717) is 4.90 Å². The third-order valence-corrected chi connectivity index (χ3v) is 5.37. The van der Waals surface area contributed by atoms with Gasteiger partial charge in [0.25, 0.3) is 0 Å². The molecular formula is C13H18N2O3S. The average molecular weight is 282 g/mol. The molecule has 1 aromatic carbocycles. The number of fused-ring (bicyclic) bond motifs is 2. The van der Waals surface area contributed by atoms with Gasteiger partial charge in [-0.15, -0.1) is 0 Å². The van der Waals surface area contributed by atoms with Gasteiger partial charge in [0.05, 0.1) is 23.1 Å². The second kappa shape index (κ2) is 4.77. The van der Waals surface area contributed by atoms with Crippen LogP contribution in [0.2, 0.25) is 0 Å². The fourth-order valence-corrected chi connectivity index (χ4v) is 4.11. The fraction of sp³-hybridized carbons (Fsp3) is 0.538. The first-order valence-corrected chi connectivity index (χ1v) is 8.02. The second-order valence-corrected chi connectivity index (χ2v) is 6.83. The summed E-state index contributed by atoms with van der Waals surface area (Å²) in [6.45, 7) is 0. The van der Waals surface area contributed by atoms with E-state index in [9.17, 15) is 8.42 Å². The van der Waals surface area contributed by atoms with Crippen LogP contribution in [-0.4, -0.2) is 33.7 Å². The minimum absolute atomic E-state index is 0.0522. The molecule has 2 aliphatic heterocycles. The highest BCUT2D eigenvalue weighted by Gasteiger charge is 2.42. The van der Waals surface area contributed by atoms with Gasteiger partial charge < -0.3 is 10.1 Å². The third kappa shape index (κ3) is 2.48. The van der Waals surface area contributed by atoms with Crippen LogP contribution in [-0.2, 0) is 14.8 Å². The average Bonchev–Trinajstić information content (AvgIpc) is 3.00. The summed E-state index contributed by atoms with van der Waals surface area (Å²) in [5.74, 6) is 0. The van der Waals surface area contributed by atoms with Crippen molar-refractivity contribution < 1.29 is 13.2 Å². The van der Waals surface area contributed by atoms with E-state index in [1.165, 1.54) is 0 Å². The van der Waals surface area contributed by atoms with Crippen molar-refractivity contribution in [1.82, 2.24) is 4.72 Å². The molecule has 3 atom stereocenters. The Bertz CT molecular complexity index is 556. The SMILES string of the molecule is CNc1ccc(S(=O)(=O)NC2CC3CCC2O3)cc1. The zero-order valence-electron chi connectivity index (χ0n) is 10.8. The lowest BCUT2D eigenvalue weighted by atomic mass is 9.96. The molecule has 6 heteroatoms. The molecule has 0 saturated carbocycles. The summed E-state index contributed by atoms with van der Waals surface area (Å²) >= 11 is 0. The first-order valence-electron chi connectivity index (χ1n) is 6.54. The van der Waals surface area contributed by atoms with Crippen LogP contribution >= 0.6 is 0 Å². The van der Waals surface area contributed by atoms with Gasteiger partial charge in [0.2, 0.25) is 10.0 Å². The van der Waals surface area contributed by atoms with E-state index in [1.807, 2.05) is 0 Å². The maximum atomic E-state index is 12.3. The number of rotatable bonds is 4. The van der Waals surface area contributed by atoms with Crippen LogP contribution < -0.4 is 10.0 Å². The smallest absolute Gasteiger partial charge is 0.240 e. The summed E-state index contributed by atoms with van der Waals surface area (Å²) in [6.07, 6.45) is 3.09. The van der Waals surface area contributed by atoms with Crippen LogP contribution in [0.5, 0.6) is 0 Å². The Balaban J connectivity index is 1.75. The molecule has 2 fully saturated rings. The molecule has 0 aliphatic carbocycles. The van der Waals surface area contributed by atoms with E-state index in [1.54, 1.807) is 31.3 Å². The lowest BCUT2D eigenvalue weighted by Gasteiger charge is -2.20. The van der Waals surface area contributed by atoms with Gasteiger partial charge in [-0.2, -0.15) is 0 Å². The molecule has 0 radical (unpaired) electrons. The molecule has 104 valence electrons. The van der Waals surface area contributed by atoms with Crippen LogP contribution in [0.25, 0.3) is 0 Å². The van der Waals surface area contributed by atoms with E-state index in [-0.39, 0.29) is 18.2 Å². The van der Waals surface area contributed by atoms with Gasteiger partial charge in [-0.25, -0.2) is 13.1 Å². The molecule has 1 aromatic rings. The Hall–Kier alpha value is -1.11. The Morgan fingerprint density at radius 3 is 2.47 bits per heavy atom. The summed E-state index contributed by atoms with van der Waals surface area (Å²) in [4.78, 5) is 0.300. The van der Waals surface area contributed by atoms with Crippen LogP contribution in [0.4, 0.5) is 5.69 Å². The van der Waals surface area contributed by atoms with E-state index in [4.69, 9.17) is 4.74 Å². The van der Waals surface area contributed by atoms with Gasteiger partial charge in [0.15, 0.2) is 0 Å². The topological polar surface area (TPSA) is 67.4 Å². The minimum Gasteiger partial charge on any atom is -0.388 e. The largest absolute Gasteiger partial charge is 0.388 e. The molecule has 2 heterocycles. The van der Waals surface area contributed by atoms with Crippen molar-refractivity contribution in [3.8, 4) is 0 Å². The van der Waals surface area contributed by atoms with Crippen molar-refractivity contribution in [2.45, 2.75) is 42.4 Å². The molecule has 2 bridgehead atoms. The molecule has 2 aliphatic rings. The van der Waals surface area contributed by atoms with Gasteiger partial charge in [0.1, 0.15) is 0 Å². The Labute approximate surface area is 113 Å². The molecular weight excluding hydrogens is 264 g/mol. The second-order valence-electron chi connectivity index (χ2n) is 5.11. The van der Waals surface area contributed by atoms with Crippen molar-refractivity contribution in [3.05, 3.63) is 24.3 Å². The Morgan fingerprint density at radius 2 is 1.95 bits per heavy atom. The standard InChI is InChI=1S/C13H18N2O3S/c1-14-9-2-5-11(6-3-9)19(16,17)15-12-8-10-4-7-13(12)18-10/h2-3,5-6,10,12-15H,4,7-8H2,1H3. The van der Waals surface area contributed by atoms with Gasteiger partial charge in [-0.1, -0.05) is 0 Å². The molecule has 3 unspecified atom stereocenters. The van der Waals surface area contributed by atoms with Gasteiger partial charge in [-0.05, 0) is 43.5 Å². The van der Waals surface area contributed by atoms with Crippen molar-refractivity contribution in [3.63, 3.8) is 0 Å². The van der Waals surface area contributed by atoms with Crippen molar-refractivity contribution >= 4 is 15.7 Å². The van der Waals surface area contributed by atoms with Gasteiger partial charge in [0, 0.05) is 12.7 Å². The highest BCUT2D eigenvalue weighted by atomic mass is 32.2. The van der Waals surface area contributed by atoms with Crippen molar-refractivity contribution in [2.24, 2.45) is 0 Å². The number of hydrogen-bond donors (Lipinski definition) is 2. The summed E-state index contributed by atoms with van der Waals surface area (Å²) in [5, 5.41) is 2.97. The summed E-state index contributed by atoms with van der Waals surface area (Å²) in [7, 11) is -1.65. The van der Waals surface area contributed by atoms with E-state index >= 15 is 0 Å². The summed E-state index contributed by atoms with van der Waals surface area (Å²) in [6, 6.07) is 6.66. The van der Waals surface area contributed by atoms with Crippen LogP contribution in [0.15, 0.2) is 29.2 Å². The molecule has 3 rings (SSSR count). The third-order valence-electron chi connectivity index (χ3n) is 3.87. The number of nitrogens with one attached hydrogen (secondary N) is 2. The minimum atomic E-state index is -3.45. The zero-order valence-corrected chi connectivity index (χ0v) is 11.6. The van der Waals surface area contributed by atoms with E-state index in [0.717, 1.165) is 24.9 Å². The number of anilines is 1. The lowest BCUT2D eigenvalue weighted by Crippen LogP contribution is -2.41. The normalized spacial score (nSPS) is 29.6. The maximum Gasteiger partial charge on any atom is 0.240 e. The highest BCUT2D eigenvalue weighted by Crippen LogP contribution is 2.35. The first-order chi connectivity index (χ1) is 9.08. The number of hydrogen-bond acceptors (Lipinski definition) is 4. The Morgan fingerprint density at radius 1 is 1.21 bits per heavy atom. The molecule has 0 amide bonds. The molecule has 0 aromatic heterocycles. The van der Waals surface area contributed by atoms with Crippen molar-refractivity contribution in [2.75, 3.05) is 12.4 Å². The zero-order chi connectivity index (χ0) is 13.5. The monoisotopic (exact) mass is 282 g/mol. The quantitative estimate of drug-likeness (QED) is 0.874. The number of benzene rings is 1. The molecule has 19 heavy (non-hydrogen) atoms. The van der Waals surface area contributed by atoms with Crippen LogP contribution in [0, 0.1) is 0 Å². The maximum absolute atomic E-state index is 12.3. The van der Waals surface area contributed by atoms with Crippen LogP contribution in [0.1, 0.15) is 19.3 Å². The van der Waals surface area contributed by atoms with Crippen LogP contribution in [0.3, 0.4) is 0 Å². The number of ether oxygens (including phenoxy) is 1. The lowest BCUT2D eigenvalue weighted by molar-refractivity contribution is 0.0996. The molecule has 2 saturated heterocycles. The van der Waals surface area contributed by atoms with Gasteiger partial charge >= 0.3 is 0 Å². The number of sulfonamides is 1. The van der Waals surface area contributed by atoms with E-state index < -0.39 is 10.0 Å². The Kier molecular flexibility index (Phi) is 3.24. The van der Waals surface area contributed by atoms with Gasteiger partial charge in [-0.3, -0.25) is 0 Å². The summed E-state index contributed by atoms with van der Waals surface area (Å²) < 4.78 is 33.0. The van der Waals surface area contributed by atoms with Crippen molar-refractivity contribution in [1.29, 1.82) is 0 Å². The predicted octanol–water partition coefficient (Wildman–Crippen LogP) is 1.33. The predicted molar refractivity (Wildman–Crippen MR) is 72.6 cm³/mol. The molecule has 0 spiro atoms. The molecule has 2 N–H and O–H groups in total. The highest BCUT2D eigenvalue weighted by molar-refractivity contribution is 7.89.